The molecule has 0 aliphatic heterocycles. The van der Waals surface area contributed by atoms with Gasteiger partial charge in [-0.25, -0.2) is 0 Å². The molecule has 0 aliphatic carbocycles. The summed E-state index contributed by atoms with van der Waals surface area (Å²) in [7, 11) is 1.80. The number of amides is 1. The molecule has 0 saturated heterocycles. The van der Waals surface area contributed by atoms with Crippen molar-refractivity contribution < 1.29 is 18.0 Å². The molecule has 1 aromatic heterocycles. The fourth-order valence-corrected chi connectivity index (χ4v) is 4.25. The van der Waals surface area contributed by atoms with Gasteiger partial charge in [-0.2, -0.15) is 13.2 Å². The molecule has 0 bridgehead atoms. The van der Waals surface area contributed by atoms with Gasteiger partial charge >= 0.3 is 6.18 Å². The Kier molecular flexibility index (Phi) is 6.50. The lowest BCUT2D eigenvalue weighted by atomic mass is 10.1. The molecule has 33 heavy (non-hydrogen) atoms. The van der Waals surface area contributed by atoms with Gasteiger partial charge in [0.05, 0.1) is 5.56 Å². The van der Waals surface area contributed by atoms with Crippen molar-refractivity contribution in [1.82, 2.24) is 14.8 Å². The number of hydrogen-bond donors (Lipinski definition) is 1. The number of rotatable bonds is 6. The van der Waals surface area contributed by atoms with E-state index in [1.54, 1.807) is 35.9 Å². The van der Waals surface area contributed by atoms with E-state index in [1.807, 2.05) is 36.4 Å². The number of nitrogens with one attached hydrogen (secondary N) is 1. The van der Waals surface area contributed by atoms with Gasteiger partial charge in [0.15, 0.2) is 11.0 Å². The molecule has 9 heteroatoms. The van der Waals surface area contributed by atoms with Crippen LogP contribution in [0.4, 0.5) is 18.9 Å². The highest BCUT2D eigenvalue weighted by Crippen LogP contribution is 2.37. The maximum absolute atomic E-state index is 13.2. The van der Waals surface area contributed by atoms with E-state index in [0.717, 1.165) is 17.7 Å². The third-order valence-electron chi connectivity index (χ3n) is 4.89. The summed E-state index contributed by atoms with van der Waals surface area (Å²) < 4.78 is 41.0. The number of carbonyl (C=O) groups is 1. The minimum atomic E-state index is -4.50. The molecule has 4 rings (SSSR count). The summed E-state index contributed by atoms with van der Waals surface area (Å²) in [4.78, 5) is 13.2. The number of nitrogens with zero attached hydrogens (tertiary/aromatic N) is 3. The van der Waals surface area contributed by atoms with E-state index in [1.165, 1.54) is 23.9 Å². The summed E-state index contributed by atoms with van der Waals surface area (Å²) in [6, 6.07) is 23.1. The third kappa shape index (κ3) is 5.25. The van der Waals surface area contributed by atoms with E-state index in [2.05, 4.69) is 15.5 Å². The summed E-state index contributed by atoms with van der Waals surface area (Å²) in [5.41, 5.74) is 0.810. The van der Waals surface area contributed by atoms with Crippen LogP contribution in [0.5, 0.6) is 0 Å². The molecule has 1 heterocycles. The first-order valence-electron chi connectivity index (χ1n) is 9.97. The van der Waals surface area contributed by atoms with Crippen LogP contribution in [0.3, 0.4) is 0 Å². The molecule has 1 unspecified atom stereocenters. The molecular weight excluding hydrogens is 449 g/mol. The Morgan fingerprint density at radius 3 is 2.27 bits per heavy atom. The fourth-order valence-electron chi connectivity index (χ4n) is 3.24. The highest BCUT2D eigenvalue weighted by Gasteiger charge is 2.31. The van der Waals surface area contributed by atoms with E-state index in [0.29, 0.717) is 16.5 Å². The average molecular weight is 469 g/mol. The Morgan fingerprint density at radius 1 is 0.939 bits per heavy atom. The molecule has 1 amide bonds. The first-order chi connectivity index (χ1) is 15.8. The third-order valence-corrected chi connectivity index (χ3v) is 6.18. The van der Waals surface area contributed by atoms with Crippen LogP contribution < -0.4 is 5.32 Å². The second kappa shape index (κ2) is 9.50. The molecule has 168 valence electrons. The summed E-state index contributed by atoms with van der Waals surface area (Å²) in [5.74, 6) is 0.179. The molecule has 3 aromatic carbocycles. The van der Waals surface area contributed by atoms with E-state index in [-0.39, 0.29) is 5.69 Å². The largest absolute Gasteiger partial charge is 0.416 e. The lowest BCUT2D eigenvalue weighted by Gasteiger charge is -2.17. The van der Waals surface area contributed by atoms with Crippen molar-refractivity contribution in [2.45, 2.75) is 16.6 Å². The fraction of sp³-hybridized carbons (Fsp3) is 0.125. The zero-order valence-electron chi connectivity index (χ0n) is 17.5. The zero-order valence-corrected chi connectivity index (χ0v) is 18.3. The highest BCUT2D eigenvalue weighted by molar-refractivity contribution is 8.00. The van der Waals surface area contributed by atoms with Crippen LogP contribution in [-0.2, 0) is 18.0 Å². The topological polar surface area (TPSA) is 59.8 Å². The SMILES string of the molecule is Cn1c(SC(C(=O)Nc2cccc(C(F)(F)F)c2)c2ccccc2)nnc1-c1ccccc1. The second-order valence-corrected chi connectivity index (χ2v) is 8.28. The minimum Gasteiger partial charge on any atom is -0.325 e. The van der Waals surface area contributed by atoms with Crippen molar-refractivity contribution in [2.75, 3.05) is 5.32 Å². The van der Waals surface area contributed by atoms with Gasteiger partial charge in [0.1, 0.15) is 5.25 Å². The molecule has 5 nitrogen and oxygen atoms in total. The molecule has 0 fully saturated rings. The normalized spacial score (nSPS) is 12.4. The number of alkyl halides is 3. The lowest BCUT2D eigenvalue weighted by Crippen LogP contribution is -2.20. The van der Waals surface area contributed by atoms with Gasteiger partial charge in [-0.3, -0.25) is 4.79 Å². The maximum Gasteiger partial charge on any atom is 0.416 e. The van der Waals surface area contributed by atoms with Crippen molar-refractivity contribution >= 4 is 23.4 Å². The molecule has 0 spiro atoms. The van der Waals surface area contributed by atoms with Crippen molar-refractivity contribution in [3.8, 4) is 11.4 Å². The average Bonchev–Trinajstić information content (AvgIpc) is 3.18. The molecule has 0 radical (unpaired) electrons. The van der Waals surface area contributed by atoms with E-state index < -0.39 is 22.9 Å². The van der Waals surface area contributed by atoms with Crippen molar-refractivity contribution in [3.63, 3.8) is 0 Å². The Labute approximate surface area is 192 Å². The highest BCUT2D eigenvalue weighted by atomic mass is 32.2. The minimum absolute atomic E-state index is 0.0688. The number of carbonyl (C=O) groups excluding carboxylic acids is 1. The number of halogens is 3. The first-order valence-corrected chi connectivity index (χ1v) is 10.9. The standard InChI is InChI=1S/C24H19F3N4OS/c1-31-21(17-11-6-3-7-12-17)29-30-23(31)33-20(16-9-4-2-5-10-16)22(32)28-19-14-8-13-18(15-19)24(25,26)27/h2-15,20H,1H3,(H,28,32). The summed E-state index contributed by atoms with van der Waals surface area (Å²) in [6.07, 6.45) is -4.50. The summed E-state index contributed by atoms with van der Waals surface area (Å²) >= 11 is 1.18. The predicted octanol–water partition coefficient (Wildman–Crippen LogP) is 5.97. The van der Waals surface area contributed by atoms with Gasteiger partial charge in [0, 0.05) is 18.3 Å². The molecule has 1 N–H and O–H groups in total. The van der Waals surface area contributed by atoms with Gasteiger partial charge in [0.25, 0.3) is 0 Å². The van der Waals surface area contributed by atoms with Gasteiger partial charge in [0.2, 0.25) is 5.91 Å². The Morgan fingerprint density at radius 2 is 1.61 bits per heavy atom. The monoisotopic (exact) mass is 468 g/mol. The van der Waals surface area contributed by atoms with Gasteiger partial charge < -0.3 is 9.88 Å². The van der Waals surface area contributed by atoms with Crippen molar-refractivity contribution in [2.24, 2.45) is 7.05 Å². The number of anilines is 1. The number of aromatic nitrogens is 3. The number of thioether (sulfide) groups is 1. The van der Waals surface area contributed by atoms with Crippen LogP contribution in [0.15, 0.2) is 90.1 Å². The lowest BCUT2D eigenvalue weighted by molar-refractivity contribution is -0.137. The van der Waals surface area contributed by atoms with Crippen LogP contribution in [0.2, 0.25) is 0 Å². The van der Waals surface area contributed by atoms with E-state index in [4.69, 9.17) is 0 Å². The van der Waals surface area contributed by atoms with Crippen LogP contribution in [0.25, 0.3) is 11.4 Å². The predicted molar refractivity (Wildman–Crippen MR) is 122 cm³/mol. The number of hydrogen-bond acceptors (Lipinski definition) is 4. The maximum atomic E-state index is 13.2. The van der Waals surface area contributed by atoms with Crippen molar-refractivity contribution in [3.05, 3.63) is 96.1 Å². The first kappa shape index (κ1) is 22.6. The van der Waals surface area contributed by atoms with Gasteiger partial charge in [-0.15, -0.1) is 10.2 Å². The molecule has 0 aliphatic rings. The van der Waals surface area contributed by atoms with E-state index in [9.17, 15) is 18.0 Å². The Bertz CT molecular complexity index is 1240. The Balaban J connectivity index is 1.62. The summed E-state index contributed by atoms with van der Waals surface area (Å²) in [6.45, 7) is 0. The van der Waals surface area contributed by atoms with Crippen LogP contribution in [0, 0.1) is 0 Å². The molecule has 4 aromatic rings. The van der Waals surface area contributed by atoms with Crippen LogP contribution in [-0.4, -0.2) is 20.7 Å². The van der Waals surface area contributed by atoms with Crippen LogP contribution in [0.1, 0.15) is 16.4 Å². The molecule has 1 atom stereocenters. The summed E-state index contributed by atoms with van der Waals surface area (Å²) in [5, 5.41) is 10.8. The smallest absolute Gasteiger partial charge is 0.325 e. The Hall–Kier alpha value is -3.59. The molecular formula is C24H19F3N4OS. The van der Waals surface area contributed by atoms with Gasteiger partial charge in [-0.1, -0.05) is 78.5 Å². The quantitative estimate of drug-likeness (QED) is 0.354. The van der Waals surface area contributed by atoms with Crippen LogP contribution >= 0.6 is 11.8 Å². The molecule has 0 saturated carbocycles. The number of benzene rings is 3. The second-order valence-electron chi connectivity index (χ2n) is 7.21. The zero-order chi connectivity index (χ0) is 23.4. The van der Waals surface area contributed by atoms with Crippen molar-refractivity contribution in [1.29, 1.82) is 0 Å². The van der Waals surface area contributed by atoms with E-state index >= 15 is 0 Å². The van der Waals surface area contributed by atoms with Gasteiger partial charge in [-0.05, 0) is 23.8 Å².